The summed E-state index contributed by atoms with van der Waals surface area (Å²) in [6.07, 6.45) is 5.51. The van der Waals surface area contributed by atoms with E-state index in [0.29, 0.717) is 5.41 Å². The molecular weight excluding hydrogens is 186 g/mol. The highest BCUT2D eigenvalue weighted by Crippen LogP contribution is 2.48. The molecule has 0 bridgehead atoms. The summed E-state index contributed by atoms with van der Waals surface area (Å²) in [6, 6.07) is 0.796. The van der Waals surface area contributed by atoms with E-state index in [4.69, 9.17) is 5.73 Å². The van der Waals surface area contributed by atoms with E-state index < -0.39 is 0 Å². The molecular formula is C12H27N3. The minimum Gasteiger partial charge on any atom is -0.318 e. The van der Waals surface area contributed by atoms with Crippen LogP contribution in [-0.2, 0) is 0 Å². The van der Waals surface area contributed by atoms with Gasteiger partial charge in [-0.2, -0.15) is 0 Å². The van der Waals surface area contributed by atoms with Crippen LogP contribution in [-0.4, -0.2) is 37.7 Å². The number of nitrogens with two attached hydrogens (primary N) is 1. The second kappa shape index (κ2) is 5.83. The highest BCUT2D eigenvalue weighted by Gasteiger charge is 2.44. The van der Waals surface area contributed by atoms with E-state index >= 15 is 0 Å². The number of rotatable bonds is 2. The van der Waals surface area contributed by atoms with Gasteiger partial charge in [0.15, 0.2) is 0 Å². The molecule has 0 radical (unpaired) electrons. The van der Waals surface area contributed by atoms with Gasteiger partial charge in [-0.15, -0.1) is 0 Å². The van der Waals surface area contributed by atoms with Crippen molar-refractivity contribution in [2.75, 3.05) is 26.8 Å². The molecule has 1 saturated carbocycles. The van der Waals surface area contributed by atoms with E-state index in [0.717, 1.165) is 12.7 Å². The summed E-state index contributed by atoms with van der Waals surface area (Å²) in [4.78, 5) is 2.36. The molecule has 1 heterocycles. The molecule has 2 aliphatic rings. The lowest BCUT2D eigenvalue weighted by molar-refractivity contribution is 0.00933. The van der Waals surface area contributed by atoms with Crippen molar-refractivity contribution in [3.05, 3.63) is 0 Å². The number of piperidine rings is 1. The molecule has 0 aromatic rings. The number of likely N-dealkylation sites (tertiary alicyclic amines) is 1. The smallest absolute Gasteiger partial charge is 0.0455 e. The molecule has 15 heavy (non-hydrogen) atoms. The van der Waals surface area contributed by atoms with Crippen molar-refractivity contribution >= 4 is 0 Å². The maximum Gasteiger partial charge on any atom is 0.0455 e. The van der Waals surface area contributed by atoms with Gasteiger partial charge >= 0.3 is 0 Å². The Kier molecular flexibility index (Phi) is 5.03. The monoisotopic (exact) mass is 213 g/mol. The van der Waals surface area contributed by atoms with E-state index in [-0.39, 0.29) is 0 Å². The van der Waals surface area contributed by atoms with Crippen LogP contribution in [0.3, 0.4) is 0 Å². The summed E-state index contributed by atoms with van der Waals surface area (Å²) in [5.74, 6) is 0. The van der Waals surface area contributed by atoms with Gasteiger partial charge in [-0.3, -0.25) is 4.90 Å². The molecule has 3 heteroatoms. The Balaban J connectivity index is 0.000000531. The normalized spacial score (nSPS) is 25.6. The third kappa shape index (κ3) is 2.92. The van der Waals surface area contributed by atoms with Gasteiger partial charge in [0.2, 0.25) is 0 Å². The standard InChI is InChI=1S/C10H21N3.C2H6/c1-12-9-6-10(7-9)2-4-13(8-11)5-3-10;1-2/h9,12H,2-8,11H2,1H3;1-2H3. The largest absolute Gasteiger partial charge is 0.318 e. The first kappa shape index (κ1) is 12.9. The first-order valence-electron chi connectivity index (χ1n) is 6.38. The Morgan fingerprint density at radius 1 is 1.27 bits per heavy atom. The lowest BCUT2D eigenvalue weighted by Crippen LogP contribution is -2.53. The first-order chi connectivity index (χ1) is 7.28. The van der Waals surface area contributed by atoms with Gasteiger partial charge in [-0.1, -0.05) is 13.8 Å². The van der Waals surface area contributed by atoms with Crippen LogP contribution in [0.15, 0.2) is 0 Å². The molecule has 0 aromatic heterocycles. The van der Waals surface area contributed by atoms with Crippen LogP contribution in [0.5, 0.6) is 0 Å². The Morgan fingerprint density at radius 3 is 2.20 bits per heavy atom. The predicted octanol–water partition coefficient (Wildman–Crippen LogP) is 1.39. The lowest BCUT2D eigenvalue weighted by atomic mass is 9.60. The summed E-state index contributed by atoms with van der Waals surface area (Å²) in [7, 11) is 2.08. The Bertz CT molecular complexity index is 166. The van der Waals surface area contributed by atoms with Gasteiger partial charge in [0, 0.05) is 12.7 Å². The predicted molar refractivity (Wildman–Crippen MR) is 65.7 cm³/mol. The number of nitrogens with zero attached hydrogens (tertiary/aromatic N) is 1. The molecule has 1 aliphatic heterocycles. The van der Waals surface area contributed by atoms with Gasteiger partial charge in [0.25, 0.3) is 0 Å². The third-order valence-corrected chi connectivity index (χ3v) is 3.94. The van der Waals surface area contributed by atoms with Crippen molar-refractivity contribution in [2.24, 2.45) is 11.1 Å². The van der Waals surface area contributed by atoms with Crippen molar-refractivity contribution in [1.29, 1.82) is 0 Å². The van der Waals surface area contributed by atoms with Crippen LogP contribution >= 0.6 is 0 Å². The topological polar surface area (TPSA) is 41.3 Å². The molecule has 0 unspecified atom stereocenters. The third-order valence-electron chi connectivity index (χ3n) is 3.94. The Hall–Kier alpha value is -0.120. The molecule has 2 rings (SSSR count). The van der Waals surface area contributed by atoms with Crippen molar-refractivity contribution in [3.8, 4) is 0 Å². The summed E-state index contributed by atoms with van der Waals surface area (Å²) >= 11 is 0. The van der Waals surface area contributed by atoms with Crippen LogP contribution in [0.2, 0.25) is 0 Å². The maximum atomic E-state index is 5.62. The summed E-state index contributed by atoms with van der Waals surface area (Å²) in [5, 5.41) is 3.36. The van der Waals surface area contributed by atoms with E-state index in [1.165, 1.54) is 38.8 Å². The van der Waals surface area contributed by atoms with E-state index in [9.17, 15) is 0 Å². The van der Waals surface area contributed by atoms with E-state index in [1.807, 2.05) is 13.8 Å². The highest BCUT2D eigenvalue weighted by molar-refractivity contribution is 4.99. The average molecular weight is 213 g/mol. The van der Waals surface area contributed by atoms with Crippen LogP contribution in [0.4, 0.5) is 0 Å². The van der Waals surface area contributed by atoms with Crippen molar-refractivity contribution in [2.45, 2.75) is 45.6 Å². The number of hydrogen-bond donors (Lipinski definition) is 2. The quantitative estimate of drug-likeness (QED) is 0.728. The Morgan fingerprint density at radius 2 is 1.80 bits per heavy atom. The second-order valence-electron chi connectivity index (χ2n) is 4.69. The maximum absolute atomic E-state index is 5.62. The molecule has 1 spiro atoms. The highest BCUT2D eigenvalue weighted by atomic mass is 15.2. The zero-order valence-electron chi connectivity index (χ0n) is 10.6. The van der Waals surface area contributed by atoms with Gasteiger partial charge < -0.3 is 11.1 Å². The Labute approximate surface area is 94.4 Å². The van der Waals surface area contributed by atoms with Crippen LogP contribution in [0.25, 0.3) is 0 Å². The second-order valence-corrected chi connectivity index (χ2v) is 4.69. The SMILES string of the molecule is CC.CNC1CC2(CCN(CN)CC2)C1. The fraction of sp³-hybridized carbons (Fsp3) is 1.00. The van der Waals surface area contributed by atoms with Gasteiger partial charge in [0.1, 0.15) is 0 Å². The zero-order chi connectivity index (χ0) is 11.3. The van der Waals surface area contributed by atoms with Gasteiger partial charge in [-0.05, 0) is 51.2 Å². The minimum absolute atomic E-state index is 0.694. The fourth-order valence-electron chi connectivity index (χ4n) is 2.81. The van der Waals surface area contributed by atoms with Gasteiger partial charge in [-0.25, -0.2) is 0 Å². The number of hydrogen-bond acceptors (Lipinski definition) is 3. The van der Waals surface area contributed by atoms with E-state index in [2.05, 4.69) is 17.3 Å². The van der Waals surface area contributed by atoms with Crippen molar-refractivity contribution < 1.29 is 0 Å². The lowest BCUT2D eigenvalue weighted by Gasteiger charge is -2.52. The van der Waals surface area contributed by atoms with Crippen LogP contribution in [0.1, 0.15) is 39.5 Å². The average Bonchev–Trinajstić information content (AvgIpc) is 2.28. The van der Waals surface area contributed by atoms with Crippen LogP contribution in [0, 0.1) is 5.41 Å². The molecule has 1 saturated heterocycles. The molecule has 0 aromatic carbocycles. The zero-order valence-corrected chi connectivity index (χ0v) is 10.6. The molecule has 90 valence electrons. The molecule has 0 atom stereocenters. The van der Waals surface area contributed by atoms with Crippen molar-refractivity contribution in [3.63, 3.8) is 0 Å². The molecule has 1 aliphatic carbocycles. The summed E-state index contributed by atoms with van der Waals surface area (Å²) in [6.45, 7) is 7.17. The molecule has 3 nitrogen and oxygen atoms in total. The van der Waals surface area contributed by atoms with Gasteiger partial charge in [0.05, 0.1) is 0 Å². The summed E-state index contributed by atoms with van der Waals surface area (Å²) < 4.78 is 0. The number of nitrogens with one attached hydrogen (secondary N) is 1. The first-order valence-corrected chi connectivity index (χ1v) is 6.38. The molecule has 0 amide bonds. The summed E-state index contributed by atoms with van der Waals surface area (Å²) in [5.41, 5.74) is 6.31. The fourth-order valence-corrected chi connectivity index (χ4v) is 2.81. The van der Waals surface area contributed by atoms with E-state index in [1.54, 1.807) is 0 Å². The molecule has 2 fully saturated rings. The minimum atomic E-state index is 0.694. The molecule has 3 N–H and O–H groups in total. The van der Waals surface area contributed by atoms with Crippen molar-refractivity contribution in [1.82, 2.24) is 10.2 Å². The van der Waals surface area contributed by atoms with Crippen LogP contribution < -0.4 is 11.1 Å².